The van der Waals surface area contributed by atoms with Crippen LogP contribution in [-0.2, 0) is 17.1 Å². The monoisotopic (exact) mass is 261 g/mol. The van der Waals surface area contributed by atoms with E-state index in [0.717, 1.165) is 10.0 Å². The van der Waals surface area contributed by atoms with E-state index in [9.17, 15) is 0 Å². The van der Waals surface area contributed by atoms with Gasteiger partial charge in [0.15, 0.2) is 0 Å². The van der Waals surface area contributed by atoms with Gasteiger partial charge in [-0.3, -0.25) is 0 Å². The van der Waals surface area contributed by atoms with Gasteiger partial charge in [-0.15, -0.1) is 23.2 Å². The summed E-state index contributed by atoms with van der Waals surface area (Å²) in [6.45, 7) is 0. The molecule has 0 unspecified atom stereocenters. The molecule has 0 aliphatic heterocycles. The van der Waals surface area contributed by atoms with E-state index >= 15 is 0 Å². The second-order valence-electron chi connectivity index (χ2n) is 2.21. The molecule has 4 heteroatoms. The number of halogens is 2. The van der Waals surface area contributed by atoms with Crippen LogP contribution in [0.2, 0.25) is 10.0 Å². The molecule has 0 bridgehead atoms. The third-order valence-electron chi connectivity index (χ3n) is 1.24. The quantitative estimate of drug-likeness (QED) is 0.493. The molecule has 70 valence electrons. The minimum Gasteiger partial charge on any atom is -0.212 e. The summed E-state index contributed by atoms with van der Waals surface area (Å²) in [6.07, 6.45) is 0. The van der Waals surface area contributed by atoms with Crippen molar-refractivity contribution in [2.45, 2.75) is 0 Å². The SMILES string of the molecule is Clc1ccc[cH-]1.Clc1ccc[cH-]1.[Fe+2].[Li+]. The fourth-order valence-electron chi connectivity index (χ4n) is 0.701. The van der Waals surface area contributed by atoms with Crippen molar-refractivity contribution in [3.05, 3.63) is 58.6 Å². The van der Waals surface area contributed by atoms with Crippen LogP contribution in [0.3, 0.4) is 0 Å². The van der Waals surface area contributed by atoms with Crippen LogP contribution in [0.25, 0.3) is 0 Å². The first-order chi connectivity index (χ1) is 5.79. The molecule has 2 aromatic carbocycles. The molecule has 0 radical (unpaired) electrons. The van der Waals surface area contributed by atoms with Gasteiger partial charge in [0, 0.05) is 0 Å². The zero-order valence-corrected chi connectivity index (χ0v) is 10.3. The smallest absolute Gasteiger partial charge is 0.212 e. The van der Waals surface area contributed by atoms with Gasteiger partial charge >= 0.3 is 35.9 Å². The van der Waals surface area contributed by atoms with Gasteiger partial charge in [-0.2, -0.15) is 36.4 Å². The summed E-state index contributed by atoms with van der Waals surface area (Å²) in [7, 11) is 0. The van der Waals surface area contributed by atoms with Crippen molar-refractivity contribution in [3.8, 4) is 0 Å². The minimum absolute atomic E-state index is 0. The van der Waals surface area contributed by atoms with E-state index in [2.05, 4.69) is 0 Å². The fraction of sp³-hybridized carbons (Fsp3) is 0. The van der Waals surface area contributed by atoms with Crippen LogP contribution in [0.4, 0.5) is 0 Å². The third-order valence-corrected chi connectivity index (χ3v) is 1.75. The van der Waals surface area contributed by atoms with Crippen LogP contribution >= 0.6 is 23.2 Å². The molecular formula is C10H8Cl2FeLi+. The minimum atomic E-state index is 0. The van der Waals surface area contributed by atoms with Gasteiger partial charge in [0.1, 0.15) is 0 Å². The van der Waals surface area contributed by atoms with E-state index in [-0.39, 0.29) is 35.9 Å². The molecule has 0 aliphatic rings. The molecule has 0 saturated carbocycles. The topological polar surface area (TPSA) is 0 Å². The van der Waals surface area contributed by atoms with Crippen molar-refractivity contribution in [1.82, 2.24) is 0 Å². The number of hydrogen-bond acceptors (Lipinski definition) is 0. The van der Waals surface area contributed by atoms with Crippen LogP contribution in [0.15, 0.2) is 48.5 Å². The van der Waals surface area contributed by atoms with Crippen molar-refractivity contribution in [1.29, 1.82) is 0 Å². The average molecular weight is 262 g/mol. The largest absolute Gasteiger partial charge is 2.00 e. The Morgan fingerprint density at radius 2 is 1.21 bits per heavy atom. The molecule has 0 heterocycles. The average Bonchev–Trinajstić information content (AvgIpc) is 2.63. The first kappa shape index (κ1) is 16.8. The summed E-state index contributed by atoms with van der Waals surface area (Å²) in [6, 6.07) is 15.0. The summed E-state index contributed by atoms with van der Waals surface area (Å²) in [5.41, 5.74) is 0. The Balaban J connectivity index is 0. The molecular weight excluding hydrogens is 254 g/mol. The van der Waals surface area contributed by atoms with Gasteiger partial charge in [-0.25, -0.2) is 12.1 Å². The second kappa shape index (κ2) is 9.93. The van der Waals surface area contributed by atoms with Crippen LogP contribution in [0.5, 0.6) is 0 Å². The molecule has 0 amide bonds. The van der Waals surface area contributed by atoms with Crippen LogP contribution in [0.1, 0.15) is 0 Å². The Labute approximate surface area is 117 Å². The Hall–Kier alpha value is 0.397. The molecule has 0 fully saturated rings. The van der Waals surface area contributed by atoms with E-state index in [1.807, 2.05) is 48.5 Å². The van der Waals surface area contributed by atoms with Gasteiger partial charge in [0.05, 0.1) is 0 Å². The van der Waals surface area contributed by atoms with E-state index in [0.29, 0.717) is 0 Å². The maximum Gasteiger partial charge on any atom is 2.00 e. The van der Waals surface area contributed by atoms with Crippen LogP contribution < -0.4 is 18.9 Å². The van der Waals surface area contributed by atoms with Gasteiger partial charge in [-0.05, 0) is 0 Å². The van der Waals surface area contributed by atoms with Crippen molar-refractivity contribution >= 4 is 23.2 Å². The van der Waals surface area contributed by atoms with Gasteiger partial charge in [0.25, 0.3) is 0 Å². The van der Waals surface area contributed by atoms with E-state index in [4.69, 9.17) is 23.2 Å². The number of hydrogen-bond donors (Lipinski definition) is 0. The predicted octanol–water partition coefficient (Wildman–Crippen LogP) is 1.12. The van der Waals surface area contributed by atoms with Crippen molar-refractivity contribution in [2.75, 3.05) is 0 Å². The van der Waals surface area contributed by atoms with Gasteiger partial charge in [-0.1, -0.05) is 10.0 Å². The van der Waals surface area contributed by atoms with Gasteiger partial charge < -0.3 is 0 Å². The molecule has 0 aromatic heterocycles. The number of rotatable bonds is 0. The Morgan fingerprint density at radius 3 is 1.29 bits per heavy atom. The predicted molar refractivity (Wildman–Crippen MR) is 54.1 cm³/mol. The molecule has 0 atom stereocenters. The van der Waals surface area contributed by atoms with Crippen LogP contribution in [0, 0.1) is 0 Å². The summed E-state index contributed by atoms with van der Waals surface area (Å²) in [4.78, 5) is 0. The summed E-state index contributed by atoms with van der Waals surface area (Å²) >= 11 is 10.9. The summed E-state index contributed by atoms with van der Waals surface area (Å²) < 4.78 is 0. The molecule has 14 heavy (non-hydrogen) atoms. The maximum absolute atomic E-state index is 5.46. The van der Waals surface area contributed by atoms with E-state index < -0.39 is 0 Å². The molecule has 0 nitrogen and oxygen atoms in total. The molecule has 0 aliphatic carbocycles. The Bertz CT molecular complexity index is 258. The maximum atomic E-state index is 5.46. The van der Waals surface area contributed by atoms with Crippen molar-refractivity contribution in [3.63, 3.8) is 0 Å². The second-order valence-corrected chi connectivity index (χ2v) is 3.08. The molecule has 0 N–H and O–H groups in total. The summed E-state index contributed by atoms with van der Waals surface area (Å²) in [5.74, 6) is 0. The first-order valence-electron chi connectivity index (χ1n) is 3.53. The Morgan fingerprint density at radius 1 is 0.857 bits per heavy atom. The molecule has 2 rings (SSSR count). The first-order valence-corrected chi connectivity index (χ1v) is 4.29. The summed E-state index contributed by atoms with van der Waals surface area (Å²) in [5, 5.41) is 1.63. The normalized spacial score (nSPS) is 7.57. The zero-order chi connectivity index (χ0) is 8.81. The van der Waals surface area contributed by atoms with Gasteiger partial charge in [0.2, 0.25) is 0 Å². The van der Waals surface area contributed by atoms with Crippen molar-refractivity contribution in [2.24, 2.45) is 0 Å². The fourth-order valence-corrected chi connectivity index (χ4v) is 0.992. The van der Waals surface area contributed by atoms with Crippen LogP contribution in [-0.4, -0.2) is 0 Å². The van der Waals surface area contributed by atoms with Crippen molar-refractivity contribution < 1.29 is 35.9 Å². The molecule has 0 saturated heterocycles. The Kier molecular flexibility index (Phi) is 11.9. The zero-order valence-electron chi connectivity index (χ0n) is 7.73. The standard InChI is InChI=1S/2C5H4Cl.Fe.Li/c2*6-5-3-1-2-4-5;;/h2*1-4H;;/q2*-1;+2;+1. The molecule has 2 aromatic rings. The third kappa shape index (κ3) is 7.77. The molecule has 0 spiro atoms. The van der Waals surface area contributed by atoms with E-state index in [1.165, 1.54) is 0 Å². The van der Waals surface area contributed by atoms with E-state index in [1.54, 1.807) is 0 Å².